The summed E-state index contributed by atoms with van der Waals surface area (Å²) in [5.41, 5.74) is 0.505. The summed E-state index contributed by atoms with van der Waals surface area (Å²) in [5.74, 6) is 0. The first kappa shape index (κ1) is 7.24. The molecule has 2 N–H and O–H groups in total. The maximum Gasteiger partial charge on any atom is 0.121 e. The third-order valence-electron chi connectivity index (χ3n) is 1.25. The van der Waals surface area contributed by atoms with Crippen LogP contribution in [-0.4, -0.2) is 26.6 Å². The van der Waals surface area contributed by atoms with Crippen molar-refractivity contribution in [2.75, 3.05) is 6.61 Å². The second kappa shape index (κ2) is 2.81. The van der Waals surface area contributed by atoms with E-state index < -0.39 is 6.10 Å². The van der Waals surface area contributed by atoms with E-state index in [9.17, 15) is 0 Å². The summed E-state index contributed by atoms with van der Waals surface area (Å²) < 4.78 is 1.58. The number of aliphatic hydroxyl groups is 2. The lowest BCUT2D eigenvalue weighted by molar-refractivity contribution is 0.0918. The molecule has 1 aromatic heterocycles. The van der Waals surface area contributed by atoms with Crippen LogP contribution in [0.4, 0.5) is 0 Å². The molecule has 1 unspecified atom stereocenters. The molecule has 10 heavy (non-hydrogen) atoms. The van der Waals surface area contributed by atoms with E-state index in [1.807, 2.05) is 0 Å². The van der Waals surface area contributed by atoms with E-state index in [0.29, 0.717) is 5.69 Å². The highest BCUT2D eigenvalue weighted by molar-refractivity contribution is 5.02. The molecule has 0 aliphatic carbocycles. The zero-order chi connectivity index (χ0) is 7.56. The van der Waals surface area contributed by atoms with Crippen molar-refractivity contribution in [3.8, 4) is 0 Å². The van der Waals surface area contributed by atoms with Crippen LogP contribution in [0, 0.1) is 0 Å². The van der Waals surface area contributed by atoms with Crippen LogP contribution in [-0.2, 0) is 7.05 Å². The maximum atomic E-state index is 9.02. The molecule has 0 bridgehead atoms. The third kappa shape index (κ3) is 1.34. The van der Waals surface area contributed by atoms with Gasteiger partial charge in [-0.15, -0.1) is 0 Å². The van der Waals surface area contributed by atoms with Gasteiger partial charge in [-0.25, -0.2) is 0 Å². The van der Waals surface area contributed by atoms with E-state index >= 15 is 0 Å². The van der Waals surface area contributed by atoms with Crippen molar-refractivity contribution in [2.24, 2.45) is 7.05 Å². The van der Waals surface area contributed by atoms with E-state index in [1.165, 1.54) is 0 Å². The van der Waals surface area contributed by atoms with Gasteiger partial charge in [0.1, 0.15) is 6.10 Å². The van der Waals surface area contributed by atoms with Crippen molar-refractivity contribution in [1.82, 2.24) is 9.78 Å². The van der Waals surface area contributed by atoms with Crippen molar-refractivity contribution in [2.45, 2.75) is 6.10 Å². The molecule has 0 aliphatic heterocycles. The number of aryl methyl sites for hydroxylation is 1. The molecule has 1 rings (SSSR count). The fraction of sp³-hybridized carbons (Fsp3) is 0.500. The molecule has 1 heterocycles. The van der Waals surface area contributed by atoms with Crippen LogP contribution in [0.25, 0.3) is 0 Å². The van der Waals surface area contributed by atoms with Gasteiger partial charge in [0.15, 0.2) is 0 Å². The van der Waals surface area contributed by atoms with Gasteiger partial charge in [-0.3, -0.25) is 4.68 Å². The fourth-order valence-corrected chi connectivity index (χ4v) is 0.704. The Balaban J connectivity index is 2.74. The minimum atomic E-state index is -0.846. The van der Waals surface area contributed by atoms with Gasteiger partial charge in [0, 0.05) is 13.2 Å². The van der Waals surface area contributed by atoms with Gasteiger partial charge in [0.25, 0.3) is 0 Å². The summed E-state index contributed by atoms with van der Waals surface area (Å²) in [5, 5.41) is 21.4. The van der Waals surface area contributed by atoms with E-state index in [2.05, 4.69) is 5.10 Å². The van der Waals surface area contributed by atoms with Crippen LogP contribution in [0.1, 0.15) is 11.8 Å². The first-order chi connectivity index (χ1) is 4.74. The predicted molar refractivity (Wildman–Crippen MR) is 35.3 cm³/mol. The normalized spacial score (nSPS) is 13.5. The molecule has 1 atom stereocenters. The van der Waals surface area contributed by atoms with Crippen molar-refractivity contribution >= 4 is 0 Å². The number of hydrogen-bond donors (Lipinski definition) is 2. The first-order valence-electron chi connectivity index (χ1n) is 3.02. The van der Waals surface area contributed by atoms with Crippen molar-refractivity contribution in [1.29, 1.82) is 0 Å². The molecule has 0 aliphatic rings. The van der Waals surface area contributed by atoms with Crippen LogP contribution in [0.2, 0.25) is 0 Å². The zero-order valence-corrected chi connectivity index (χ0v) is 5.73. The average Bonchev–Trinajstić information content (AvgIpc) is 2.34. The highest BCUT2D eigenvalue weighted by atomic mass is 16.3. The Morgan fingerprint density at radius 3 is 2.90 bits per heavy atom. The lowest BCUT2D eigenvalue weighted by Gasteiger charge is -2.00. The Bertz CT molecular complexity index is 209. The lowest BCUT2D eigenvalue weighted by Crippen LogP contribution is -2.03. The van der Waals surface area contributed by atoms with Crippen molar-refractivity contribution in [3.05, 3.63) is 18.0 Å². The van der Waals surface area contributed by atoms with Gasteiger partial charge < -0.3 is 10.2 Å². The number of nitrogens with zero attached hydrogens (tertiary/aromatic N) is 2. The minimum absolute atomic E-state index is 0.281. The average molecular weight is 142 g/mol. The predicted octanol–water partition coefficient (Wildman–Crippen LogP) is -0.554. The summed E-state index contributed by atoms with van der Waals surface area (Å²) >= 11 is 0. The SMILES string of the molecule is Cn1ccc(C(O)CO)n1. The van der Waals surface area contributed by atoms with Crippen molar-refractivity contribution < 1.29 is 10.2 Å². The summed E-state index contributed by atoms with van der Waals surface area (Å²) in [4.78, 5) is 0. The topological polar surface area (TPSA) is 58.3 Å². The highest BCUT2D eigenvalue weighted by Gasteiger charge is 2.07. The monoisotopic (exact) mass is 142 g/mol. The largest absolute Gasteiger partial charge is 0.393 e. The molecule has 0 amide bonds. The smallest absolute Gasteiger partial charge is 0.121 e. The molecule has 0 aromatic carbocycles. The quantitative estimate of drug-likeness (QED) is 0.582. The molecule has 0 saturated heterocycles. The second-order valence-electron chi connectivity index (χ2n) is 2.11. The fourth-order valence-electron chi connectivity index (χ4n) is 0.704. The van der Waals surface area contributed by atoms with E-state index in [0.717, 1.165) is 0 Å². The van der Waals surface area contributed by atoms with E-state index in [4.69, 9.17) is 10.2 Å². The molecule has 1 aromatic rings. The number of aromatic nitrogens is 2. The Kier molecular flexibility index (Phi) is 2.03. The van der Waals surface area contributed by atoms with Crippen LogP contribution >= 0.6 is 0 Å². The molecule has 56 valence electrons. The zero-order valence-electron chi connectivity index (χ0n) is 5.73. The van der Waals surface area contributed by atoms with Gasteiger partial charge >= 0.3 is 0 Å². The molecule has 0 radical (unpaired) electrons. The maximum absolute atomic E-state index is 9.02. The van der Waals surface area contributed by atoms with E-state index in [1.54, 1.807) is 24.0 Å². The molecular weight excluding hydrogens is 132 g/mol. The number of rotatable bonds is 2. The molecule has 4 nitrogen and oxygen atoms in total. The molecular formula is C6H10N2O2. The van der Waals surface area contributed by atoms with Gasteiger partial charge in [0.2, 0.25) is 0 Å². The summed E-state index contributed by atoms with van der Waals surface area (Å²) in [6, 6.07) is 1.67. The summed E-state index contributed by atoms with van der Waals surface area (Å²) in [7, 11) is 1.76. The summed E-state index contributed by atoms with van der Waals surface area (Å²) in [6.07, 6.45) is 0.870. The first-order valence-corrected chi connectivity index (χ1v) is 3.02. The summed E-state index contributed by atoms with van der Waals surface area (Å²) in [6.45, 7) is -0.281. The molecule has 4 heteroatoms. The second-order valence-corrected chi connectivity index (χ2v) is 2.11. The van der Waals surface area contributed by atoms with E-state index in [-0.39, 0.29) is 6.61 Å². The van der Waals surface area contributed by atoms with Gasteiger partial charge in [0.05, 0.1) is 12.3 Å². The minimum Gasteiger partial charge on any atom is -0.393 e. The number of hydrogen-bond acceptors (Lipinski definition) is 3. The van der Waals surface area contributed by atoms with Crippen LogP contribution in [0.15, 0.2) is 12.3 Å². The van der Waals surface area contributed by atoms with Crippen molar-refractivity contribution in [3.63, 3.8) is 0 Å². The van der Waals surface area contributed by atoms with Crippen LogP contribution in [0.3, 0.4) is 0 Å². The molecule has 0 fully saturated rings. The Hall–Kier alpha value is -0.870. The lowest BCUT2D eigenvalue weighted by atomic mass is 10.3. The standard InChI is InChI=1S/C6H10N2O2/c1-8-3-2-5(7-8)6(10)4-9/h2-3,6,9-10H,4H2,1H3. The molecule has 0 spiro atoms. The van der Waals surface area contributed by atoms with Gasteiger partial charge in [-0.2, -0.15) is 5.10 Å². The highest BCUT2D eigenvalue weighted by Crippen LogP contribution is 2.06. The Morgan fingerprint density at radius 1 is 1.80 bits per heavy atom. The Labute approximate surface area is 58.7 Å². The number of aliphatic hydroxyl groups excluding tert-OH is 2. The van der Waals surface area contributed by atoms with Gasteiger partial charge in [-0.1, -0.05) is 0 Å². The van der Waals surface area contributed by atoms with Crippen LogP contribution < -0.4 is 0 Å². The van der Waals surface area contributed by atoms with Crippen LogP contribution in [0.5, 0.6) is 0 Å². The Morgan fingerprint density at radius 2 is 2.50 bits per heavy atom. The van der Waals surface area contributed by atoms with Gasteiger partial charge in [-0.05, 0) is 6.07 Å². The third-order valence-corrected chi connectivity index (χ3v) is 1.25. The molecule has 0 saturated carbocycles.